The molecule has 1 aromatic rings. The maximum Gasteiger partial charge on any atom is 0.0594 e. The van der Waals surface area contributed by atoms with Crippen LogP contribution in [0.5, 0.6) is 0 Å². The van der Waals surface area contributed by atoms with Gasteiger partial charge in [0.25, 0.3) is 0 Å². The predicted molar refractivity (Wildman–Crippen MR) is 54.8 cm³/mol. The zero-order valence-corrected chi connectivity index (χ0v) is 8.23. The Bertz CT molecular complexity index is 270. The molecule has 3 nitrogen and oxygen atoms in total. The van der Waals surface area contributed by atoms with Crippen molar-refractivity contribution in [2.24, 2.45) is 5.73 Å². The molecule has 2 unspecified atom stereocenters. The Kier molecular flexibility index (Phi) is 3.11. The molecule has 0 radical (unpaired) electrons. The van der Waals surface area contributed by atoms with Crippen molar-refractivity contribution in [2.45, 2.75) is 31.4 Å². The first-order valence-corrected chi connectivity index (χ1v) is 5.13. The van der Waals surface area contributed by atoms with Crippen LogP contribution >= 0.6 is 0 Å². The fourth-order valence-electron chi connectivity index (χ4n) is 1.84. The van der Waals surface area contributed by atoms with E-state index in [1.54, 1.807) is 6.20 Å². The molecule has 0 spiro atoms. The van der Waals surface area contributed by atoms with Gasteiger partial charge in [0.15, 0.2) is 0 Å². The lowest BCUT2D eigenvalue weighted by molar-refractivity contribution is 0.0983. The summed E-state index contributed by atoms with van der Waals surface area (Å²) in [5.41, 5.74) is 7.15. The third kappa shape index (κ3) is 2.30. The number of pyridine rings is 1. The van der Waals surface area contributed by atoms with Gasteiger partial charge in [0.2, 0.25) is 0 Å². The van der Waals surface area contributed by atoms with E-state index < -0.39 is 0 Å². The second kappa shape index (κ2) is 4.53. The summed E-state index contributed by atoms with van der Waals surface area (Å²) in [6.45, 7) is 0.893. The monoisotopic (exact) mass is 192 g/mol. The average molecular weight is 192 g/mol. The highest BCUT2D eigenvalue weighted by atomic mass is 16.5. The summed E-state index contributed by atoms with van der Waals surface area (Å²) in [4.78, 5) is 4.06. The van der Waals surface area contributed by atoms with Crippen molar-refractivity contribution < 1.29 is 4.74 Å². The molecule has 0 bridgehead atoms. The van der Waals surface area contributed by atoms with Crippen molar-refractivity contribution >= 4 is 0 Å². The van der Waals surface area contributed by atoms with E-state index in [1.807, 2.05) is 18.3 Å². The van der Waals surface area contributed by atoms with Crippen LogP contribution < -0.4 is 5.73 Å². The largest absolute Gasteiger partial charge is 0.378 e. The summed E-state index contributed by atoms with van der Waals surface area (Å²) >= 11 is 0. The van der Waals surface area contributed by atoms with E-state index in [0.29, 0.717) is 6.10 Å². The number of nitrogens with zero attached hydrogens (tertiary/aromatic N) is 1. The van der Waals surface area contributed by atoms with Crippen molar-refractivity contribution in [3.05, 3.63) is 30.1 Å². The smallest absolute Gasteiger partial charge is 0.0594 e. The molecule has 0 amide bonds. The first-order valence-electron chi connectivity index (χ1n) is 5.13. The Hall–Kier alpha value is -0.930. The number of aromatic nitrogens is 1. The quantitative estimate of drug-likeness (QED) is 0.792. The predicted octanol–water partition coefficient (Wildman–Crippen LogP) is 1.65. The Morgan fingerprint density at radius 2 is 2.57 bits per heavy atom. The van der Waals surface area contributed by atoms with Crippen LogP contribution in [0.25, 0.3) is 0 Å². The highest BCUT2D eigenvalue weighted by molar-refractivity contribution is 5.13. The van der Waals surface area contributed by atoms with Crippen LogP contribution in [0.1, 0.15) is 30.9 Å². The maximum absolute atomic E-state index is 6.05. The molecule has 0 aromatic carbocycles. The summed E-state index contributed by atoms with van der Waals surface area (Å²) in [6, 6.07) is 4.00. The molecule has 0 saturated carbocycles. The van der Waals surface area contributed by atoms with Gasteiger partial charge in [-0.05, 0) is 30.9 Å². The van der Waals surface area contributed by atoms with Gasteiger partial charge in [-0.15, -0.1) is 0 Å². The molecule has 1 fully saturated rings. The molecule has 1 aliphatic heterocycles. The van der Waals surface area contributed by atoms with Gasteiger partial charge in [0, 0.05) is 25.0 Å². The topological polar surface area (TPSA) is 48.1 Å². The second-order valence-electron chi connectivity index (χ2n) is 3.76. The van der Waals surface area contributed by atoms with Gasteiger partial charge in [0.05, 0.1) is 6.10 Å². The van der Waals surface area contributed by atoms with Crippen LogP contribution in [0.3, 0.4) is 0 Å². The number of hydrogen-bond donors (Lipinski definition) is 1. The van der Waals surface area contributed by atoms with Crippen molar-refractivity contribution in [2.75, 3.05) is 6.61 Å². The third-order valence-electron chi connectivity index (χ3n) is 2.65. The van der Waals surface area contributed by atoms with Gasteiger partial charge < -0.3 is 10.5 Å². The lowest BCUT2D eigenvalue weighted by Gasteiger charge is -2.15. The molecule has 2 rings (SSSR count). The Labute approximate surface area is 84.3 Å². The summed E-state index contributed by atoms with van der Waals surface area (Å²) in [7, 11) is 0. The average Bonchev–Trinajstić information content (AvgIpc) is 2.72. The number of nitrogens with two attached hydrogens (primary N) is 1. The number of ether oxygens (including phenoxy) is 1. The summed E-state index contributed by atoms with van der Waals surface area (Å²) < 4.78 is 5.54. The normalized spacial score (nSPS) is 23.6. The molecule has 2 atom stereocenters. The van der Waals surface area contributed by atoms with Gasteiger partial charge in [-0.2, -0.15) is 0 Å². The highest BCUT2D eigenvalue weighted by Gasteiger charge is 2.19. The molecular weight excluding hydrogens is 176 g/mol. The fourth-order valence-corrected chi connectivity index (χ4v) is 1.84. The van der Waals surface area contributed by atoms with Crippen LogP contribution in [0.4, 0.5) is 0 Å². The minimum Gasteiger partial charge on any atom is -0.378 e. The summed E-state index contributed by atoms with van der Waals surface area (Å²) in [6.07, 6.45) is 7.18. The van der Waals surface area contributed by atoms with E-state index in [2.05, 4.69) is 4.98 Å². The van der Waals surface area contributed by atoms with Crippen LogP contribution in [-0.2, 0) is 4.74 Å². The van der Waals surface area contributed by atoms with Crippen LogP contribution in [0.2, 0.25) is 0 Å². The zero-order valence-electron chi connectivity index (χ0n) is 8.23. The van der Waals surface area contributed by atoms with Gasteiger partial charge in [-0.1, -0.05) is 6.07 Å². The van der Waals surface area contributed by atoms with Crippen LogP contribution in [-0.4, -0.2) is 17.7 Å². The molecule has 3 heteroatoms. The zero-order chi connectivity index (χ0) is 9.80. The van der Waals surface area contributed by atoms with Crippen molar-refractivity contribution in [3.8, 4) is 0 Å². The molecule has 2 heterocycles. The second-order valence-corrected chi connectivity index (χ2v) is 3.76. The summed E-state index contributed by atoms with van der Waals surface area (Å²) in [5, 5.41) is 0. The lowest BCUT2D eigenvalue weighted by Crippen LogP contribution is -2.18. The summed E-state index contributed by atoms with van der Waals surface area (Å²) in [5.74, 6) is 0. The van der Waals surface area contributed by atoms with E-state index >= 15 is 0 Å². The van der Waals surface area contributed by atoms with Crippen LogP contribution in [0, 0.1) is 0 Å². The first-order chi connectivity index (χ1) is 6.86. The minimum atomic E-state index is 0.0619. The van der Waals surface area contributed by atoms with Crippen molar-refractivity contribution in [3.63, 3.8) is 0 Å². The van der Waals surface area contributed by atoms with Gasteiger partial charge >= 0.3 is 0 Å². The Morgan fingerprint density at radius 1 is 1.64 bits per heavy atom. The van der Waals surface area contributed by atoms with E-state index in [1.165, 1.54) is 6.42 Å². The Morgan fingerprint density at radius 3 is 3.21 bits per heavy atom. The maximum atomic E-state index is 6.05. The van der Waals surface area contributed by atoms with Gasteiger partial charge in [-0.25, -0.2) is 0 Å². The standard InChI is InChI=1S/C11H16N2O/c12-11(7-10-4-2-6-14-10)9-3-1-5-13-8-9/h1,3,5,8,10-11H,2,4,6-7,12H2. The van der Waals surface area contributed by atoms with Crippen LogP contribution in [0.15, 0.2) is 24.5 Å². The van der Waals surface area contributed by atoms with Gasteiger partial charge in [0.1, 0.15) is 0 Å². The Balaban J connectivity index is 1.92. The fraction of sp³-hybridized carbons (Fsp3) is 0.545. The van der Waals surface area contributed by atoms with E-state index in [-0.39, 0.29) is 6.04 Å². The third-order valence-corrected chi connectivity index (χ3v) is 2.65. The molecule has 0 aliphatic carbocycles. The molecule has 76 valence electrons. The molecule has 1 aromatic heterocycles. The molecule has 1 aliphatic rings. The van der Waals surface area contributed by atoms with Crippen molar-refractivity contribution in [1.29, 1.82) is 0 Å². The number of rotatable bonds is 3. The van der Waals surface area contributed by atoms with Crippen molar-refractivity contribution in [1.82, 2.24) is 4.98 Å². The van der Waals surface area contributed by atoms with E-state index in [0.717, 1.165) is 25.0 Å². The van der Waals surface area contributed by atoms with Gasteiger partial charge in [-0.3, -0.25) is 4.98 Å². The minimum absolute atomic E-state index is 0.0619. The molecule has 2 N–H and O–H groups in total. The molecule has 1 saturated heterocycles. The highest BCUT2D eigenvalue weighted by Crippen LogP contribution is 2.22. The van der Waals surface area contributed by atoms with E-state index in [4.69, 9.17) is 10.5 Å². The molecular formula is C11H16N2O. The van der Waals surface area contributed by atoms with E-state index in [9.17, 15) is 0 Å². The number of hydrogen-bond acceptors (Lipinski definition) is 3. The SMILES string of the molecule is NC(CC1CCCO1)c1cccnc1. The first kappa shape index (κ1) is 9.62. The lowest BCUT2D eigenvalue weighted by atomic mass is 10.0. The molecule has 14 heavy (non-hydrogen) atoms.